The molecule has 0 bridgehead atoms. The predicted molar refractivity (Wildman–Crippen MR) is 69.9 cm³/mol. The highest BCUT2D eigenvalue weighted by atomic mass is 19.1. The van der Waals surface area contributed by atoms with Gasteiger partial charge < -0.3 is 5.73 Å². The smallest absolute Gasteiger partial charge is 0.128 e. The number of aryl methyl sites for hydroxylation is 2. The number of hydrogen-bond acceptors (Lipinski definition) is 2. The average molecular weight is 247 g/mol. The lowest BCUT2D eigenvalue weighted by molar-refractivity contribution is 0.426. The Labute approximate surface area is 106 Å². The van der Waals surface area contributed by atoms with Crippen LogP contribution in [0.15, 0.2) is 30.3 Å². The summed E-state index contributed by atoms with van der Waals surface area (Å²) >= 11 is 0. The maximum absolute atomic E-state index is 13.9. The molecule has 3 nitrogen and oxygen atoms in total. The Morgan fingerprint density at radius 3 is 2.44 bits per heavy atom. The van der Waals surface area contributed by atoms with Crippen molar-refractivity contribution in [3.8, 4) is 0 Å². The number of benzene rings is 1. The van der Waals surface area contributed by atoms with E-state index in [1.807, 2.05) is 32.9 Å². The second kappa shape index (κ2) is 4.90. The van der Waals surface area contributed by atoms with Gasteiger partial charge in [0.15, 0.2) is 0 Å². The highest BCUT2D eigenvalue weighted by Gasteiger charge is 2.23. The zero-order chi connectivity index (χ0) is 13.3. The molecule has 0 fully saturated rings. The van der Waals surface area contributed by atoms with E-state index in [-0.39, 0.29) is 17.9 Å². The first-order valence-electron chi connectivity index (χ1n) is 6.03. The Bertz CT molecular complexity index is 546. The maximum Gasteiger partial charge on any atom is 0.128 e. The molecule has 1 aromatic carbocycles. The summed E-state index contributed by atoms with van der Waals surface area (Å²) in [5, 5.41) is 4.42. The molecule has 0 saturated carbocycles. The molecule has 0 aliphatic carbocycles. The lowest BCUT2D eigenvalue weighted by Crippen LogP contribution is -2.32. The van der Waals surface area contributed by atoms with Crippen LogP contribution in [0, 0.1) is 19.7 Å². The molecule has 2 atom stereocenters. The van der Waals surface area contributed by atoms with Gasteiger partial charge in [-0.05, 0) is 32.9 Å². The fraction of sp³-hybridized carbons (Fsp3) is 0.357. The Kier molecular flexibility index (Phi) is 3.48. The Hall–Kier alpha value is -1.68. The quantitative estimate of drug-likeness (QED) is 0.906. The number of nitrogens with two attached hydrogens (primary N) is 1. The van der Waals surface area contributed by atoms with E-state index in [4.69, 9.17) is 5.73 Å². The van der Waals surface area contributed by atoms with Gasteiger partial charge >= 0.3 is 0 Å². The monoisotopic (exact) mass is 247 g/mol. The Morgan fingerprint density at radius 1 is 1.28 bits per heavy atom. The normalized spacial score (nSPS) is 14.5. The van der Waals surface area contributed by atoms with Crippen LogP contribution in [0.3, 0.4) is 0 Å². The van der Waals surface area contributed by atoms with Gasteiger partial charge in [0.25, 0.3) is 0 Å². The number of halogens is 1. The van der Waals surface area contributed by atoms with Gasteiger partial charge in [0.05, 0.1) is 11.7 Å². The van der Waals surface area contributed by atoms with Gasteiger partial charge in [-0.1, -0.05) is 18.2 Å². The summed E-state index contributed by atoms with van der Waals surface area (Å²) in [6.07, 6.45) is 0. The van der Waals surface area contributed by atoms with Crippen LogP contribution in [-0.4, -0.2) is 15.8 Å². The lowest BCUT2D eigenvalue weighted by Gasteiger charge is -2.23. The summed E-state index contributed by atoms with van der Waals surface area (Å²) in [4.78, 5) is 0. The largest absolute Gasteiger partial charge is 0.326 e. The van der Waals surface area contributed by atoms with Crippen LogP contribution in [0.5, 0.6) is 0 Å². The first kappa shape index (κ1) is 12.8. The molecule has 0 aliphatic heterocycles. The second-order valence-electron chi connectivity index (χ2n) is 4.70. The first-order valence-corrected chi connectivity index (χ1v) is 6.03. The van der Waals surface area contributed by atoms with Crippen molar-refractivity contribution in [2.75, 3.05) is 0 Å². The van der Waals surface area contributed by atoms with E-state index >= 15 is 0 Å². The van der Waals surface area contributed by atoms with Crippen molar-refractivity contribution in [1.29, 1.82) is 0 Å². The van der Waals surface area contributed by atoms with Crippen molar-refractivity contribution in [2.45, 2.75) is 32.9 Å². The highest BCUT2D eigenvalue weighted by molar-refractivity contribution is 5.25. The SMILES string of the molecule is Cc1cc(C)n(C(c2ccccc2F)C(C)N)n1. The van der Waals surface area contributed by atoms with E-state index in [0.29, 0.717) is 5.56 Å². The van der Waals surface area contributed by atoms with Gasteiger partial charge in [0.2, 0.25) is 0 Å². The van der Waals surface area contributed by atoms with Crippen molar-refractivity contribution in [1.82, 2.24) is 9.78 Å². The van der Waals surface area contributed by atoms with Gasteiger partial charge in [0.1, 0.15) is 5.82 Å². The molecular formula is C14H18FN3. The van der Waals surface area contributed by atoms with E-state index in [1.165, 1.54) is 6.07 Å². The fourth-order valence-electron chi connectivity index (χ4n) is 2.28. The third-order valence-corrected chi connectivity index (χ3v) is 3.03. The van der Waals surface area contributed by atoms with Gasteiger partial charge in [-0.15, -0.1) is 0 Å². The summed E-state index contributed by atoms with van der Waals surface area (Å²) in [5.74, 6) is -0.243. The molecule has 2 N–H and O–H groups in total. The second-order valence-corrected chi connectivity index (χ2v) is 4.70. The first-order chi connectivity index (χ1) is 8.50. The van der Waals surface area contributed by atoms with Crippen molar-refractivity contribution >= 4 is 0 Å². The van der Waals surface area contributed by atoms with Crippen LogP contribution >= 0.6 is 0 Å². The van der Waals surface area contributed by atoms with Crippen molar-refractivity contribution < 1.29 is 4.39 Å². The van der Waals surface area contributed by atoms with E-state index < -0.39 is 0 Å². The van der Waals surface area contributed by atoms with Crippen molar-refractivity contribution in [2.24, 2.45) is 5.73 Å². The summed E-state index contributed by atoms with van der Waals surface area (Å²) in [6, 6.07) is 8.18. The predicted octanol–water partition coefficient (Wildman–Crippen LogP) is 2.58. The molecule has 1 heterocycles. The third-order valence-electron chi connectivity index (χ3n) is 3.03. The maximum atomic E-state index is 13.9. The van der Waals surface area contributed by atoms with Crippen LogP contribution in [0.25, 0.3) is 0 Å². The number of hydrogen-bond donors (Lipinski definition) is 1. The molecule has 2 aromatic rings. The van der Waals surface area contributed by atoms with E-state index in [0.717, 1.165) is 11.4 Å². The molecule has 96 valence electrons. The van der Waals surface area contributed by atoms with Crippen molar-refractivity contribution in [3.05, 3.63) is 53.1 Å². The number of rotatable bonds is 3. The van der Waals surface area contributed by atoms with Crippen LogP contribution in [0.2, 0.25) is 0 Å². The molecule has 0 aliphatic rings. The van der Waals surface area contributed by atoms with E-state index in [1.54, 1.807) is 16.8 Å². The molecule has 2 unspecified atom stereocenters. The number of aromatic nitrogens is 2. The van der Waals surface area contributed by atoms with Crippen LogP contribution in [0.1, 0.15) is 29.9 Å². The zero-order valence-corrected chi connectivity index (χ0v) is 10.9. The molecule has 2 rings (SSSR count). The molecule has 1 aromatic heterocycles. The highest BCUT2D eigenvalue weighted by Crippen LogP contribution is 2.25. The Balaban J connectivity index is 2.54. The van der Waals surface area contributed by atoms with E-state index in [9.17, 15) is 4.39 Å². The molecule has 0 spiro atoms. The van der Waals surface area contributed by atoms with E-state index in [2.05, 4.69) is 5.10 Å². The fourth-order valence-corrected chi connectivity index (χ4v) is 2.28. The molecule has 18 heavy (non-hydrogen) atoms. The molecule has 0 radical (unpaired) electrons. The van der Waals surface area contributed by atoms with Gasteiger partial charge in [-0.25, -0.2) is 4.39 Å². The topological polar surface area (TPSA) is 43.8 Å². The summed E-state index contributed by atoms with van der Waals surface area (Å²) in [6.45, 7) is 5.74. The van der Waals surface area contributed by atoms with Gasteiger partial charge in [-0.3, -0.25) is 4.68 Å². The molecule has 4 heteroatoms. The summed E-state index contributed by atoms with van der Waals surface area (Å²) in [7, 11) is 0. The van der Waals surface area contributed by atoms with Crippen molar-refractivity contribution in [3.63, 3.8) is 0 Å². The summed E-state index contributed by atoms with van der Waals surface area (Å²) < 4.78 is 15.7. The Morgan fingerprint density at radius 2 is 1.94 bits per heavy atom. The number of nitrogens with zero attached hydrogens (tertiary/aromatic N) is 2. The average Bonchev–Trinajstić information content (AvgIpc) is 2.61. The van der Waals surface area contributed by atoms with Crippen LogP contribution < -0.4 is 5.73 Å². The molecule has 0 saturated heterocycles. The minimum atomic E-state index is -0.278. The van der Waals surface area contributed by atoms with Crippen LogP contribution in [0.4, 0.5) is 4.39 Å². The van der Waals surface area contributed by atoms with Crippen LogP contribution in [-0.2, 0) is 0 Å². The van der Waals surface area contributed by atoms with Gasteiger partial charge in [-0.2, -0.15) is 5.10 Å². The minimum Gasteiger partial charge on any atom is -0.326 e. The zero-order valence-electron chi connectivity index (χ0n) is 10.9. The lowest BCUT2D eigenvalue weighted by atomic mass is 10.0. The summed E-state index contributed by atoms with van der Waals surface area (Å²) in [5.41, 5.74) is 8.50. The standard InChI is InChI=1S/C14H18FN3/c1-9-8-10(2)18(17-9)14(11(3)16)12-6-4-5-7-13(12)15/h4-8,11,14H,16H2,1-3H3. The van der Waals surface area contributed by atoms with Gasteiger partial charge in [0, 0.05) is 17.3 Å². The minimum absolute atomic E-state index is 0.222. The molecular weight excluding hydrogens is 229 g/mol. The third kappa shape index (κ3) is 2.29. The molecule has 0 amide bonds.